The van der Waals surface area contributed by atoms with Crippen molar-refractivity contribution in [3.8, 4) is 11.3 Å². The average Bonchev–Trinajstić information content (AvgIpc) is 3.24. The molecule has 1 aliphatic heterocycles. The molecule has 1 atom stereocenters. The molecule has 1 N–H and O–H groups in total. The lowest BCUT2D eigenvalue weighted by Crippen LogP contribution is -2.27. The summed E-state index contributed by atoms with van der Waals surface area (Å²) >= 11 is 0. The van der Waals surface area contributed by atoms with E-state index in [1.807, 2.05) is 22.7 Å². The highest BCUT2D eigenvalue weighted by Crippen LogP contribution is 2.22. The lowest BCUT2D eigenvalue weighted by molar-refractivity contribution is 0.301. The SMILES string of the molecule is CN1CCC[C@@H]1CCNc1cc(-c2ccncc2)nc2ccnn12. The summed E-state index contributed by atoms with van der Waals surface area (Å²) in [7, 11) is 2.22. The van der Waals surface area contributed by atoms with Crippen LogP contribution in [0.1, 0.15) is 19.3 Å². The van der Waals surface area contributed by atoms with Crippen molar-refractivity contribution < 1.29 is 0 Å². The predicted molar refractivity (Wildman–Crippen MR) is 95.0 cm³/mol. The third-order valence-corrected chi connectivity index (χ3v) is 4.79. The quantitative estimate of drug-likeness (QED) is 0.782. The van der Waals surface area contributed by atoms with Crippen LogP contribution in [-0.4, -0.2) is 50.7 Å². The summed E-state index contributed by atoms with van der Waals surface area (Å²) in [5.41, 5.74) is 2.85. The number of fused-ring (bicyclic) bond motifs is 1. The van der Waals surface area contributed by atoms with Gasteiger partial charge in [-0.25, -0.2) is 4.98 Å². The van der Waals surface area contributed by atoms with Crippen LogP contribution in [-0.2, 0) is 0 Å². The second kappa shape index (κ2) is 6.57. The number of aromatic nitrogens is 4. The summed E-state index contributed by atoms with van der Waals surface area (Å²) in [6.45, 7) is 2.15. The molecule has 3 aromatic rings. The first kappa shape index (κ1) is 15.1. The van der Waals surface area contributed by atoms with E-state index in [2.05, 4.69) is 38.4 Å². The standard InChI is InChI=1S/C18H22N6/c1-23-12-2-3-15(23)6-10-20-18-13-16(14-4-8-19-9-5-14)22-17-7-11-21-24(17)18/h4-5,7-9,11,13,15,20H,2-3,6,10,12H2,1H3/t15-/m1/s1. The Morgan fingerprint density at radius 2 is 2.08 bits per heavy atom. The molecular weight excluding hydrogens is 300 g/mol. The molecular formula is C18H22N6. The monoisotopic (exact) mass is 322 g/mol. The molecule has 1 saturated heterocycles. The van der Waals surface area contributed by atoms with Crippen molar-refractivity contribution >= 4 is 11.5 Å². The van der Waals surface area contributed by atoms with Gasteiger partial charge in [0.25, 0.3) is 0 Å². The number of nitrogens with one attached hydrogen (secondary N) is 1. The highest BCUT2D eigenvalue weighted by atomic mass is 15.3. The number of hydrogen-bond acceptors (Lipinski definition) is 5. The Labute approximate surface area is 141 Å². The zero-order chi connectivity index (χ0) is 16.4. The minimum Gasteiger partial charge on any atom is -0.370 e. The van der Waals surface area contributed by atoms with Crippen LogP contribution in [0.3, 0.4) is 0 Å². The maximum absolute atomic E-state index is 4.69. The fourth-order valence-corrected chi connectivity index (χ4v) is 3.42. The fourth-order valence-electron chi connectivity index (χ4n) is 3.42. The molecule has 6 nitrogen and oxygen atoms in total. The van der Waals surface area contributed by atoms with Gasteiger partial charge < -0.3 is 10.2 Å². The summed E-state index contributed by atoms with van der Waals surface area (Å²) in [6, 6.07) is 8.64. The van der Waals surface area contributed by atoms with Crippen molar-refractivity contribution in [3.63, 3.8) is 0 Å². The summed E-state index contributed by atoms with van der Waals surface area (Å²) in [6.07, 6.45) is 9.13. The van der Waals surface area contributed by atoms with Crippen LogP contribution in [0, 0.1) is 0 Å². The van der Waals surface area contributed by atoms with Gasteiger partial charge in [0.15, 0.2) is 5.65 Å². The van der Waals surface area contributed by atoms with Crippen LogP contribution in [0.25, 0.3) is 16.9 Å². The average molecular weight is 322 g/mol. The molecule has 0 aromatic carbocycles. The third kappa shape index (κ3) is 2.97. The van der Waals surface area contributed by atoms with Crippen molar-refractivity contribution in [2.24, 2.45) is 0 Å². The molecule has 0 spiro atoms. The molecule has 0 amide bonds. The number of hydrogen-bond donors (Lipinski definition) is 1. The van der Waals surface area contributed by atoms with Crippen LogP contribution in [0.15, 0.2) is 42.9 Å². The molecule has 0 saturated carbocycles. The van der Waals surface area contributed by atoms with Crippen LogP contribution < -0.4 is 5.32 Å². The van der Waals surface area contributed by atoms with Gasteiger partial charge in [-0.2, -0.15) is 9.61 Å². The number of anilines is 1. The molecule has 4 heterocycles. The maximum atomic E-state index is 4.69. The van der Waals surface area contributed by atoms with Gasteiger partial charge in [0.05, 0.1) is 11.9 Å². The summed E-state index contributed by atoms with van der Waals surface area (Å²) in [4.78, 5) is 11.2. The Balaban J connectivity index is 1.56. The van der Waals surface area contributed by atoms with Gasteiger partial charge in [0.2, 0.25) is 0 Å². The Hall–Kier alpha value is -2.47. The smallest absolute Gasteiger partial charge is 0.157 e. The Bertz CT molecular complexity index is 813. The van der Waals surface area contributed by atoms with Gasteiger partial charge in [-0.1, -0.05) is 0 Å². The maximum Gasteiger partial charge on any atom is 0.157 e. The number of pyridine rings is 1. The van der Waals surface area contributed by atoms with E-state index < -0.39 is 0 Å². The highest BCUT2D eigenvalue weighted by molar-refractivity contribution is 5.65. The minimum atomic E-state index is 0.687. The van der Waals surface area contributed by atoms with Gasteiger partial charge in [0.1, 0.15) is 5.82 Å². The lowest BCUT2D eigenvalue weighted by atomic mass is 10.1. The van der Waals surface area contributed by atoms with E-state index in [-0.39, 0.29) is 0 Å². The van der Waals surface area contributed by atoms with Crippen molar-refractivity contribution in [3.05, 3.63) is 42.9 Å². The molecule has 3 aromatic heterocycles. The van der Waals surface area contributed by atoms with E-state index >= 15 is 0 Å². The van der Waals surface area contributed by atoms with Crippen LogP contribution in [0.2, 0.25) is 0 Å². The van der Waals surface area contributed by atoms with Crippen molar-refractivity contribution in [2.75, 3.05) is 25.5 Å². The van der Waals surface area contributed by atoms with E-state index in [9.17, 15) is 0 Å². The molecule has 124 valence electrons. The molecule has 4 rings (SSSR count). The first-order chi connectivity index (χ1) is 11.8. The second-order valence-corrected chi connectivity index (χ2v) is 6.36. The molecule has 6 heteroatoms. The Morgan fingerprint density at radius 1 is 1.21 bits per heavy atom. The number of nitrogens with zero attached hydrogens (tertiary/aromatic N) is 5. The van der Waals surface area contributed by atoms with Crippen molar-refractivity contribution in [1.82, 2.24) is 24.5 Å². The van der Waals surface area contributed by atoms with E-state index in [1.54, 1.807) is 18.6 Å². The molecule has 0 radical (unpaired) electrons. The van der Waals surface area contributed by atoms with Crippen LogP contribution in [0.5, 0.6) is 0 Å². The van der Waals surface area contributed by atoms with E-state index in [4.69, 9.17) is 0 Å². The molecule has 0 unspecified atom stereocenters. The van der Waals surface area contributed by atoms with Gasteiger partial charge in [-0.15, -0.1) is 0 Å². The Morgan fingerprint density at radius 3 is 2.88 bits per heavy atom. The summed E-state index contributed by atoms with van der Waals surface area (Å²) in [5.74, 6) is 0.984. The Kier molecular flexibility index (Phi) is 4.13. The molecule has 0 bridgehead atoms. The molecule has 1 aliphatic rings. The van der Waals surface area contributed by atoms with E-state index in [0.717, 1.165) is 35.7 Å². The van der Waals surface area contributed by atoms with Crippen LogP contribution in [0.4, 0.5) is 5.82 Å². The molecule has 1 fully saturated rings. The zero-order valence-corrected chi connectivity index (χ0v) is 13.9. The minimum absolute atomic E-state index is 0.687. The normalized spacial score (nSPS) is 18.3. The first-order valence-corrected chi connectivity index (χ1v) is 8.50. The first-order valence-electron chi connectivity index (χ1n) is 8.50. The topological polar surface area (TPSA) is 58.3 Å². The number of likely N-dealkylation sites (tertiary alicyclic amines) is 1. The summed E-state index contributed by atoms with van der Waals surface area (Å²) in [5, 5.41) is 7.94. The van der Waals surface area contributed by atoms with Gasteiger partial charge in [0, 0.05) is 42.7 Å². The van der Waals surface area contributed by atoms with E-state index in [0.29, 0.717) is 6.04 Å². The van der Waals surface area contributed by atoms with Gasteiger partial charge in [-0.3, -0.25) is 4.98 Å². The summed E-state index contributed by atoms with van der Waals surface area (Å²) < 4.78 is 1.86. The molecule has 0 aliphatic carbocycles. The fraction of sp³-hybridized carbons (Fsp3) is 0.389. The van der Waals surface area contributed by atoms with Crippen molar-refractivity contribution in [2.45, 2.75) is 25.3 Å². The van der Waals surface area contributed by atoms with E-state index in [1.165, 1.54) is 19.4 Å². The highest BCUT2D eigenvalue weighted by Gasteiger charge is 2.20. The van der Waals surface area contributed by atoms with Crippen LogP contribution >= 0.6 is 0 Å². The van der Waals surface area contributed by atoms with Gasteiger partial charge in [-0.05, 0) is 45.0 Å². The number of rotatable bonds is 5. The second-order valence-electron chi connectivity index (χ2n) is 6.36. The van der Waals surface area contributed by atoms with Crippen molar-refractivity contribution in [1.29, 1.82) is 0 Å². The lowest BCUT2D eigenvalue weighted by Gasteiger charge is -2.19. The molecule has 24 heavy (non-hydrogen) atoms. The largest absolute Gasteiger partial charge is 0.370 e. The zero-order valence-electron chi connectivity index (χ0n) is 13.9. The predicted octanol–water partition coefficient (Wildman–Crippen LogP) is 2.69. The third-order valence-electron chi connectivity index (χ3n) is 4.79. The van der Waals surface area contributed by atoms with Gasteiger partial charge >= 0.3 is 0 Å².